The Bertz CT molecular complexity index is 257. The predicted molar refractivity (Wildman–Crippen MR) is 97.3 cm³/mol. The topological polar surface area (TPSA) is 26.3 Å². The van der Waals surface area contributed by atoms with E-state index in [1.807, 2.05) is 0 Å². The van der Waals surface area contributed by atoms with Crippen molar-refractivity contribution in [3.63, 3.8) is 0 Å². The maximum absolute atomic E-state index is 11.9. The third-order valence-corrected chi connectivity index (χ3v) is 6.95. The van der Waals surface area contributed by atoms with Crippen LogP contribution in [-0.2, 0) is 9.22 Å². The molecule has 4 heteroatoms. The molecule has 1 radical (unpaired) electrons. The number of carbonyl (C=O) groups excluding carboxylic acids is 1. The van der Waals surface area contributed by atoms with Crippen molar-refractivity contribution in [2.45, 2.75) is 103 Å². The van der Waals surface area contributed by atoms with Crippen molar-refractivity contribution < 1.29 is 9.22 Å². The number of rotatable bonds is 13. The van der Waals surface area contributed by atoms with Gasteiger partial charge in [-0.1, -0.05) is 65.6 Å². The second kappa shape index (κ2) is 13.8. The Labute approximate surface area is 138 Å². The molecule has 0 fully saturated rings. The van der Waals surface area contributed by atoms with Crippen molar-refractivity contribution in [2.24, 2.45) is 0 Å². The summed E-state index contributed by atoms with van der Waals surface area (Å²) < 4.78 is 6.32. The summed E-state index contributed by atoms with van der Waals surface area (Å²) in [6, 6.07) is 2.36. The molecule has 0 saturated carbocycles. The van der Waals surface area contributed by atoms with Crippen molar-refractivity contribution in [1.82, 2.24) is 0 Å². The van der Waals surface area contributed by atoms with Gasteiger partial charge in [-0.05, 0) is 31.4 Å². The van der Waals surface area contributed by atoms with Crippen molar-refractivity contribution >= 4 is 25.9 Å². The average molecular weight is 332 g/mol. The van der Waals surface area contributed by atoms with Crippen molar-refractivity contribution in [3.8, 4) is 0 Å². The molecule has 0 aromatic carbocycles. The molecule has 2 nitrogen and oxygen atoms in total. The highest BCUT2D eigenvalue weighted by atomic mass is 32.2. The van der Waals surface area contributed by atoms with Gasteiger partial charge in [0.15, 0.2) is 5.12 Å². The first-order chi connectivity index (χ1) is 10.1. The molecule has 0 aromatic rings. The fraction of sp³-hybridized carbons (Fsp3) is 0.941. The third-order valence-electron chi connectivity index (χ3n) is 3.64. The molecule has 21 heavy (non-hydrogen) atoms. The number of hydrogen-bond acceptors (Lipinski definition) is 3. The summed E-state index contributed by atoms with van der Waals surface area (Å²) in [5.41, 5.74) is 0. The van der Waals surface area contributed by atoms with E-state index in [0.717, 1.165) is 32.1 Å². The first kappa shape index (κ1) is 21.2. The van der Waals surface area contributed by atoms with Crippen LogP contribution in [0, 0.1) is 0 Å². The standard InChI is InChI=1S/C17H35O2SSi/c1-6-10-11-13-17(18)20-15(5)14-16(12-7-2)19-21(8-3)9-4/h15-16H,6-14H2,1-5H3. The van der Waals surface area contributed by atoms with Gasteiger partial charge in [-0.2, -0.15) is 0 Å². The Hall–Kier alpha value is 0.197. The van der Waals surface area contributed by atoms with Gasteiger partial charge in [-0.15, -0.1) is 0 Å². The van der Waals surface area contributed by atoms with Gasteiger partial charge >= 0.3 is 0 Å². The van der Waals surface area contributed by atoms with Gasteiger partial charge in [0.25, 0.3) is 0 Å². The summed E-state index contributed by atoms with van der Waals surface area (Å²) in [4.78, 5) is 11.9. The summed E-state index contributed by atoms with van der Waals surface area (Å²) in [6.07, 6.45) is 7.79. The second-order valence-electron chi connectivity index (χ2n) is 5.77. The lowest BCUT2D eigenvalue weighted by molar-refractivity contribution is -0.111. The summed E-state index contributed by atoms with van der Waals surface area (Å²) in [6.45, 7) is 11.0. The highest BCUT2D eigenvalue weighted by Gasteiger charge is 2.20. The Morgan fingerprint density at radius 2 is 1.76 bits per heavy atom. The SMILES string of the molecule is CCCCCC(=O)SC(C)CC(CCC)O[Si](CC)CC. The van der Waals surface area contributed by atoms with E-state index in [9.17, 15) is 4.79 Å². The van der Waals surface area contributed by atoms with Crippen LogP contribution in [0.5, 0.6) is 0 Å². The van der Waals surface area contributed by atoms with E-state index in [4.69, 9.17) is 4.43 Å². The summed E-state index contributed by atoms with van der Waals surface area (Å²) in [7, 11) is -0.629. The molecular formula is C17H35O2SSi. The third kappa shape index (κ3) is 11.4. The minimum absolute atomic E-state index is 0.356. The van der Waals surface area contributed by atoms with Crippen LogP contribution in [0.1, 0.15) is 79.6 Å². The first-order valence-corrected chi connectivity index (χ1v) is 11.5. The highest BCUT2D eigenvalue weighted by molar-refractivity contribution is 8.14. The van der Waals surface area contributed by atoms with Crippen LogP contribution >= 0.6 is 11.8 Å². The lowest BCUT2D eigenvalue weighted by Crippen LogP contribution is -2.27. The van der Waals surface area contributed by atoms with Crippen molar-refractivity contribution in [3.05, 3.63) is 0 Å². The van der Waals surface area contributed by atoms with Crippen molar-refractivity contribution in [2.75, 3.05) is 0 Å². The molecule has 125 valence electrons. The fourth-order valence-corrected chi connectivity index (χ4v) is 4.96. The van der Waals surface area contributed by atoms with Crippen LogP contribution in [0.15, 0.2) is 0 Å². The van der Waals surface area contributed by atoms with Crippen LogP contribution in [0.3, 0.4) is 0 Å². The molecule has 0 saturated heterocycles. The largest absolute Gasteiger partial charge is 0.414 e. The fourth-order valence-electron chi connectivity index (χ4n) is 2.42. The summed E-state index contributed by atoms with van der Waals surface area (Å²) in [5, 5.41) is 0.746. The quantitative estimate of drug-likeness (QED) is 0.314. The van der Waals surface area contributed by atoms with Crippen LogP contribution in [0.2, 0.25) is 12.1 Å². The highest BCUT2D eigenvalue weighted by Crippen LogP contribution is 2.23. The molecule has 0 spiro atoms. The van der Waals surface area contributed by atoms with Gasteiger partial charge in [0.1, 0.15) is 0 Å². The Morgan fingerprint density at radius 1 is 1.10 bits per heavy atom. The molecule has 0 aromatic heterocycles. The van der Waals surface area contributed by atoms with Gasteiger partial charge in [-0.3, -0.25) is 4.79 Å². The summed E-state index contributed by atoms with van der Waals surface area (Å²) in [5.74, 6) is 0. The minimum Gasteiger partial charge on any atom is -0.414 e. The lowest BCUT2D eigenvalue weighted by atomic mass is 10.1. The maximum Gasteiger partial charge on any atom is 0.211 e. The number of hydrogen-bond donors (Lipinski definition) is 0. The van der Waals surface area contributed by atoms with Crippen LogP contribution < -0.4 is 0 Å². The van der Waals surface area contributed by atoms with E-state index in [1.165, 1.54) is 36.7 Å². The number of carbonyl (C=O) groups is 1. The van der Waals surface area contributed by atoms with E-state index >= 15 is 0 Å². The van der Waals surface area contributed by atoms with E-state index in [2.05, 4.69) is 34.6 Å². The van der Waals surface area contributed by atoms with Crippen LogP contribution in [-0.4, -0.2) is 25.5 Å². The van der Waals surface area contributed by atoms with Gasteiger partial charge in [-0.25, -0.2) is 0 Å². The van der Waals surface area contributed by atoms with Gasteiger partial charge in [0.2, 0.25) is 9.04 Å². The summed E-state index contributed by atoms with van der Waals surface area (Å²) >= 11 is 1.54. The van der Waals surface area contributed by atoms with E-state index in [1.54, 1.807) is 0 Å². The molecule has 0 amide bonds. The average Bonchev–Trinajstić information content (AvgIpc) is 2.44. The van der Waals surface area contributed by atoms with Crippen LogP contribution in [0.25, 0.3) is 0 Å². The molecule has 0 bridgehead atoms. The molecule has 2 atom stereocenters. The molecular weight excluding hydrogens is 296 g/mol. The lowest BCUT2D eigenvalue weighted by Gasteiger charge is -2.24. The Morgan fingerprint density at radius 3 is 2.29 bits per heavy atom. The zero-order valence-corrected chi connectivity index (χ0v) is 16.6. The van der Waals surface area contributed by atoms with Gasteiger partial charge in [0.05, 0.1) is 0 Å². The maximum atomic E-state index is 11.9. The van der Waals surface area contributed by atoms with E-state index in [0.29, 0.717) is 16.5 Å². The molecule has 2 unspecified atom stereocenters. The first-order valence-electron chi connectivity index (χ1n) is 8.77. The second-order valence-corrected chi connectivity index (χ2v) is 9.99. The molecule has 0 heterocycles. The monoisotopic (exact) mass is 331 g/mol. The molecule has 0 aliphatic rings. The van der Waals surface area contributed by atoms with Crippen molar-refractivity contribution in [1.29, 1.82) is 0 Å². The zero-order chi connectivity index (χ0) is 16.1. The van der Waals surface area contributed by atoms with Gasteiger partial charge in [0, 0.05) is 17.8 Å². The van der Waals surface area contributed by atoms with Crippen LogP contribution in [0.4, 0.5) is 0 Å². The Balaban J connectivity index is 4.14. The number of unbranched alkanes of at least 4 members (excludes halogenated alkanes) is 2. The number of thioether (sulfide) groups is 1. The zero-order valence-electron chi connectivity index (χ0n) is 14.7. The Kier molecular flexibility index (Phi) is 14.0. The predicted octanol–water partition coefficient (Wildman–Crippen LogP) is 5.82. The molecule has 0 N–H and O–H groups in total. The molecule has 0 aliphatic carbocycles. The molecule has 0 aliphatic heterocycles. The minimum atomic E-state index is -0.629. The smallest absolute Gasteiger partial charge is 0.211 e. The van der Waals surface area contributed by atoms with E-state index < -0.39 is 9.04 Å². The van der Waals surface area contributed by atoms with E-state index in [-0.39, 0.29) is 0 Å². The molecule has 0 rings (SSSR count). The normalized spacial score (nSPS) is 14.4. The van der Waals surface area contributed by atoms with Gasteiger partial charge < -0.3 is 4.43 Å².